The third-order valence-corrected chi connectivity index (χ3v) is 4.40. The van der Waals surface area contributed by atoms with Crippen molar-refractivity contribution >= 4 is 6.09 Å². The fourth-order valence-corrected chi connectivity index (χ4v) is 2.70. The van der Waals surface area contributed by atoms with Gasteiger partial charge in [-0.25, -0.2) is 4.79 Å². The lowest BCUT2D eigenvalue weighted by atomic mass is 9.83. The summed E-state index contributed by atoms with van der Waals surface area (Å²) in [5.74, 6) is 0. The third-order valence-electron chi connectivity index (χ3n) is 4.40. The second-order valence-corrected chi connectivity index (χ2v) is 6.85. The Kier molecular flexibility index (Phi) is 6.02. The third kappa shape index (κ3) is 4.69. The summed E-state index contributed by atoms with van der Waals surface area (Å²) in [6, 6.07) is 7.59. The highest BCUT2D eigenvalue weighted by Crippen LogP contribution is 2.32. The van der Waals surface area contributed by atoms with Crippen LogP contribution < -0.4 is 0 Å². The maximum atomic E-state index is 11.8. The van der Waals surface area contributed by atoms with Crippen molar-refractivity contribution < 1.29 is 19.7 Å². The second kappa shape index (κ2) is 7.79. The molecule has 2 N–H and O–H groups in total. The number of rotatable bonds is 6. The molecule has 1 aliphatic rings. The number of amides is 1. The molecule has 1 atom stereocenters. The molecule has 2 rings (SSSR count). The highest BCUT2D eigenvalue weighted by molar-refractivity contribution is 5.67. The molecule has 1 fully saturated rings. The lowest BCUT2D eigenvalue weighted by molar-refractivity contribution is 0.00632. The molecule has 0 spiro atoms. The molecule has 23 heavy (non-hydrogen) atoms. The Morgan fingerprint density at radius 2 is 2.04 bits per heavy atom. The maximum Gasteiger partial charge on any atom is 0.409 e. The fraction of sp³-hybridized carbons (Fsp3) is 0.611. The van der Waals surface area contributed by atoms with E-state index in [4.69, 9.17) is 4.74 Å². The van der Waals surface area contributed by atoms with Gasteiger partial charge in [0.05, 0.1) is 19.3 Å². The van der Waals surface area contributed by atoms with Crippen LogP contribution in [-0.2, 0) is 11.2 Å². The van der Waals surface area contributed by atoms with E-state index in [0.717, 1.165) is 37.1 Å². The van der Waals surface area contributed by atoms with E-state index in [-0.39, 0.29) is 12.7 Å². The first-order valence-corrected chi connectivity index (χ1v) is 8.23. The van der Waals surface area contributed by atoms with Gasteiger partial charge in [0.1, 0.15) is 0 Å². The summed E-state index contributed by atoms with van der Waals surface area (Å²) in [5.41, 5.74) is 1.18. The zero-order valence-electron chi connectivity index (χ0n) is 14.0. The Balaban J connectivity index is 1.88. The first-order valence-electron chi connectivity index (χ1n) is 8.23. The molecule has 1 aromatic rings. The van der Waals surface area contributed by atoms with Crippen molar-refractivity contribution in [2.45, 2.75) is 39.2 Å². The summed E-state index contributed by atoms with van der Waals surface area (Å²) in [4.78, 5) is 13.6. The minimum atomic E-state index is -0.736. The Morgan fingerprint density at radius 3 is 2.70 bits per heavy atom. The summed E-state index contributed by atoms with van der Waals surface area (Å²) >= 11 is 0. The standard InChI is InChI=1S/C18H27NO4/c1-18(2,13-20)16(21)15-7-5-6-14(12-15)8-11-23-17(22)19-9-3-4-10-19/h5-7,12,16,20-21H,3-4,8-11,13H2,1-2H3. The van der Waals surface area contributed by atoms with Crippen molar-refractivity contribution in [2.75, 3.05) is 26.3 Å². The summed E-state index contributed by atoms with van der Waals surface area (Å²) in [7, 11) is 0. The number of aliphatic hydroxyl groups is 2. The molecule has 128 valence electrons. The van der Waals surface area contributed by atoms with Crippen molar-refractivity contribution in [3.63, 3.8) is 0 Å². The number of likely N-dealkylation sites (tertiary alicyclic amines) is 1. The lowest BCUT2D eigenvalue weighted by Crippen LogP contribution is -2.29. The molecule has 1 aromatic carbocycles. The van der Waals surface area contributed by atoms with Crippen LogP contribution in [0.15, 0.2) is 24.3 Å². The summed E-state index contributed by atoms with van der Waals surface area (Å²) in [6.45, 7) is 5.46. The van der Waals surface area contributed by atoms with Crippen LogP contribution in [-0.4, -0.2) is 47.5 Å². The van der Waals surface area contributed by atoms with Crippen molar-refractivity contribution in [1.29, 1.82) is 0 Å². The number of hydrogen-bond donors (Lipinski definition) is 2. The predicted octanol–water partition coefficient (Wildman–Crippen LogP) is 2.51. The Hall–Kier alpha value is -1.59. The molecule has 0 radical (unpaired) electrons. The van der Waals surface area contributed by atoms with Gasteiger partial charge in [0, 0.05) is 24.9 Å². The number of carbonyl (C=O) groups excluding carboxylic acids is 1. The van der Waals surface area contributed by atoms with Gasteiger partial charge in [-0.3, -0.25) is 0 Å². The minimum absolute atomic E-state index is 0.0914. The summed E-state index contributed by atoms with van der Waals surface area (Å²) < 4.78 is 5.30. The fourth-order valence-electron chi connectivity index (χ4n) is 2.70. The van der Waals surface area contributed by atoms with Gasteiger partial charge in [-0.2, -0.15) is 0 Å². The molecule has 5 heteroatoms. The highest BCUT2D eigenvalue weighted by Gasteiger charge is 2.28. The summed E-state index contributed by atoms with van der Waals surface area (Å²) in [5, 5.41) is 19.8. The van der Waals surface area contributed by atoms with Gasteiger partial charge in [-0.15, -0.1) is 0 Å². The van der Waals surface area contributed by atoms with E-state index in [1.165, 1.54) is 0 Å². The molecular formula is C18H27NO4. The van der Waals surface area contributed by atoms with Crippen LogP contribution in [0.25, 0.3) is 0 Å². The molecular weight excluding hydrogens is 294 g/mol. The average Bonchev–Trinajstić information content (AvgIpc) is 3.09. The second-order valence-electron chi connectivity index (χ2n) is 6.85. The zero-order chi connectivity index (χ0) is 16.9. The molecule has 1 saturated heterocycles. The van der Waals surface area contributed by atoms with E-state index >= 15 is 0 Å². The molecule has 0 aromatic heterocycles. The number of hydrogen-bond acceptors (Lipinski definition) is 4. The lowest BCUT2D eigenvalue weighted by Gasteiger charge is -2.28. The number of aliphatic hydroxyl groups excluding tert-OH is 2. The molecule has 1 amide bonds. The van der Waals surface area contributed by atoms with Gasteiger partial charge in [-0.1, -0.05) is 38.1 Å². The van der Waals surface area contributed by atoms with Gasteiger partial charge < -0.3 is 19.8 Å². The number of nitrogens with zero attached hydrogens (tertiary/aromatic N) is 1. The van der Waals surface area contributed by atoms with Crippen molar-refractivity contribution in [1.82, 2.24) is 4.90 Å². The van der Waals surface area contributed by atoms with Gasteiger partial charge in [0.2, 0.25) is 0 Å². The first-order chi connectivity index (χ1) is 10.9. The average molecular weight is 321 g/mol. The van der Waals surface area contributed by atoms with Crippen LogP contribution in [0.1, 0.15) is 43.9 Å². The zero-order valence-corrected chi connectivity index (χ0v) is 14.0. The molecule has 0 bridgehead atoms. The van der Waals surface area contributed by atoms with E-state index in [2.05, 4.69) is 0 Å². The van der Waals surface area contributed by atoms with E-state index in [0.29, 0.717) is 13.0 Å². The molecule has 0 saturated carbocycles. The van der Waals surface area contributed by atoms with E-state index in [9.17, 15) is 15.0 Å². The quantitative estimate of drug-likeness (QED) is 0.844. The monoisotopic (exact) mass is 321 g/mol. The summed E-state index contributed by atoms with van der Waals surface area (Å²) in [6.07, 6.45) is 1.74. The van der Waals surface area contributed by atoms with Crippen molar-refractivity contribution in [3.8, 4) is 0 Å². The first kappa shape index (κ1) is 17.8. The highest BCUT2D eigenvalue weighted by atomic mass is 16.6. The number of benzene rings is 1. The minimum Gasteiger partial charge on any atom is -0.449 e. The number of ether oxygens (including phenoxy) is 1. The topological polar surface area (TPSA) is 70.0 Å². The molecule has 5 nitrogen and oxygen atoms in total. The van der Waals surface area contributed by atoms with Gasteiger partial charge in [0.15, 0.2) is 0 Å². The van der Waals surface area contributed by atoms with Crippen LogP contribution >= 0.6 is 0 Å². The van der Waals surface area contributed by atoms with Gasteiger partial charge in [-0.05, 0) is 24.0 Å². The largest absolute Gasteiger partial charge is 0.449 e. The van der Waals surface area contributed by atoms with Crippen LogP contribution in [0.3, 0.4) is 0 Å². The van der Waals surface area contributed by atoms with Crippen LogP contribution in [0.2, 0.25) is 0 Å². The smallest absolute Gasteiger partial charge is 0.409 e. The Morgan fingerprint density at radius 1 is 1.35 bits per heavy atom. The normalized spacial score (nSPS) is 16.4. The maximum absolute atomic E-state index is 11.8. The molecule has 0 aliphatic carbocycles. The van der Waals surface area contributed by atoms with E-state index in [1.54, 1.807) is 4.90 Å². The van der Waals surface area contributed by atoms with E-state index < -0.39 is 11.5 Å². The number of carbonyl (C=O) groups is 1. The van der Waals surface area contributed by atoms with Gasteiger partial charge in [0.25, 0.3) is 0 Å². The van der Waals surface area contributed by atoms with Gasteiger partial charge >= 0.3 is 6.09 Å². The van der Waals surface area contributed by atoms with Crippen LogP contribution in [0.4, 0.5) is 4.79 Å². The van der Waals surface area contributed by atoms with Crippen molar-refractivity contribution in [3.05, 3.63) is 35.4 Å². The molecule has 1 aliphatic heterocycles. The Labute approximate surface area is 137 Å². The van der Waals surface area contributed by atoms with E-state index in [1.807, 2.05) is 38.1 Å². The predicted molar refractivity (Wildman–Crippen MR) is 88.1 cm³/mol. The van der Waals surface area contributed by atoms with Crippen LogP contribution in [0.5, 0.6) is 0 Å². The molecule has 1 unspecified atom stereocenters. The molecule has 1 heterocycles. The van der Waals surface area contributed by atoms with Crippen molar-refractivity contribution in [2.24, 2.45) is 5.41 Å². The van der Waals surface area contributed by atoms with Crippen LogP contribution in [0, 0.1) is 5.41 Å². The Bertz CT molecular complexity index is 524. The SMILES string of the molecule is CC(C)(CO)C(O)c1cccc(CCOC(=O)N2CCCC2)c1.